The zero-order chi connectivity index (χ0) is 16.3. The fourth-order valence-corrected chi connectivity index (χ4v) is 3.28. The van der Waals surface area contributed by atoms with Crippen LogP contribution in [0.5, 0.6) is 0 Å². The molecule has 2 aromatic rings. The summed E-state index contributed by atoms with van der Waals surface area (Å²) in [7, 11) is 0. The predicted molar refractivity (Wildman–Crippen MR) is 95.3 cm³/mol. The van der Waals surface area contributed by atoms with Gasteiger partial charge in [-0.1, -0.05) is 34.1 Å². The second-order valence-corrected chi connectivity index (χ2v) is 6.53. The lowest BCUT2D eigenvalue weighted by Gasteiger charge is -2.14. The zero-order valence-corrected chi connectivity index (χ0v) is 15.2. The number of hydrogen-bond acceptors (Lipinski definition) is 2. The zero-order valence-electron chi connectivity index (χ0n) is 12.0. The molecule has 114 valence electrons. The number of rotatable bonds is 3. The summed E-state index contributed by atoms with van der Waals surface area (Å²) in [6, 6.07) is 11.0. The van der Waals surface area contributed by atoms with Crippen molar-refractivity contribution in [1.82, 2.24) is 0 Å². The lowest BCUT2D eigenvalue weighted by atomic mass is 10.1. The van der Waals surface area contributed by atoms with Gasteiger partial charge in [0.05, 0.1) is 11.3 Å². The number of halogens is 2. The van der Waals surface area contributed by atoms with Crippen molar-refractivity contribution in [2.75, 3.05) is 10.6 Å². The average Bonchev–Trinajstić information content (AvgIpc) is 2.43. The molecule has 0 heterocycles. The van der Waals surface area contributed by atoms with Crippen LogP contribution in [-0.2, 0) is 4.79 Å². The van der Waals surface area contributed by atoms with E-state index in [1.807, 2.05) is 31.2 Å². The van der Waals surface area contributed by atoms with Gasteiger partial charge in [0.1, 0.15) is 0 Å². The van der Waals surface area contributed by atoms with Crippen molar-refractivity contribution in [3.63, 3.8) is 0 Å². The van der Waals surface area contributed by atoms with E-state index < -0.39 is 0 Å². The first-order chi connectivity index (χ1) is 10.4. The minimum Gasteiger partial charge on any atom is -0.325 e. The quantitative estimate of drug-likeness (QED) is 0.746. The number of hydrogen-bond donors (Lipinski definition) is 2. The molecule has 0 saturated heterocycles. The van der Waals surface area contributed by atoms with E-state index in [1.165, 1.54) is 6.92 Å². The number of aryl methyl sites for hydroxylation is 1. The molecule has 2 N–H and O–H groups in total. The van der Waals surface area contributed by atoms with Crippen LogP contribution in [-0.4, -0.2) is 11.8 Å². The average molecular weight is 426 g/mol. The number of anilines is 2. The van der Waals surface area contributed by atoms with Crippen molar-refractivity contribution < 1.29 is 9.59 Å². The van der Waals surface area contributed by atoms with E-state index in [4.69, 9.17) is 0 Å². The summed E-state index contributed by atoms with van der Waals surface area (Å²) in [5.41, 5.74) is 2.52. The molecule has 4 nitrogen and oxygen atoms in total. The van der Waals surface area contributed by atoms with E-state index in [0.29, 0.717) is 15.7 Å². The Hall–Kier alpha value is -1.66. The highest BCUT2D eigenvalue weighted by Gasteiger charge is 2.17. The summed E-state index contributed by atoms with van der Waals surface area (Å²) in [4.78, 5) is 23.9. The van der Waals surface area contributed by atoms with Crippen LogP contribution in [0.25, 0.3) is 0 Å². The smallest absolute Gasteiger partial charge is 0.257 e. The Kier molecular flexibility index (Phi) is 5.37. The number of benzene rings is 2. The number of para-hydroxylation sites is 1. The Morgan fingerprint density at radius 3 is 2.36 bits per heavy atom. The summed E-state index contributed by atoms with van der Waals surface area (Å²) in [6.45, 7) is 3.32. The van der Waals surface area contributed by atoms with E-state index >= 15 is 0 Å². The fourth-order valence-electron chi connectivity index (χ4n) is 1.96. The van der Waals surface area contributed by atoms with Gasteiger partial charge in [-0.05, 0) is 46.6 Å². The molecule has 0 fully saturated rings. The third kappa shape index (κ3) is 3.96. The molecule has 6 heteroatoms. The third-order valence-electron chi connectivity index (χ3n) is 2.99. The molecule has 0 aromatic heterocycles. The maximum absolute atomic E-state index is 12.6. The molecule has 0 atom stereocenters. The summed E-state index contributed by atoms with van der Waals surface area (Å²) in [5.74, 6) is -0.534. The van der Waals surface area contributed by atoms with Crippen LogP contribution in [0.1, 0.15) is 22.8 Å². The number of nitrogens with one attached hydrogen (secondary N) is 2. The molecule has 0 spiro atoms. The summed E-state index contributed by atoms with van der Waals surface area (Å²) < 4.78 is 1.37. The largest absolute Gasteiger partial charge is 0.325 e. The number of amides is 2. The number of carbonyl (C=O) groups is 2. The summed E-state index contributed by atoms with van der Waals surface area (Å²) in [5, 5.41) is 5.55. The molecule has 2 rings (SSSR count). The maximum Gasteiger partial charge on any atom is 0.257 e. The van der Waals surface area contributed by atoms with Crippen molar-refractivity contribution in [2.24, 2.45) is 0 Å². The van der Waals surface area contributed by atoms with Gasteiger partial charge in [-0.25, -0.2) is 0 Å². The van der Waals surface area contributed by atoms with Gasteiger partial charge in [0.25, 0.3) is 5.91 Å². The normalized spacial score (nSPS) is 10.2. The van der Waals surface area contributed by atoms with E-state index in [9.17, 15) is 9.59 Å². The van der Waals surface area contributed by atoms with Gasteiger partial charge in [0, 0.05) is 21.6 Å². The lowest BCUT2D eigenvalue weighted by molar-refractivity contribution is -0.114. The van der Waals surface area contributed by atoms with Crippen LogP contribution >= 0.6 is 31.9 Å². The monoisotopic (exact) mass is 424 g/mol. The van der Waals surface area contributed by atoms with Crippen LogP contribution in [0.3, 0.4) is 0 Å². The molecule has 2 aromatic carbocycles. The number of carbonyl (C=O) groups excluding carboxylic acids is 2. The fraction of sp³-hybridized carbons (Fsp3) is 0.125. The summed E-state index contributed by atoms with van der Waals surface area (Å²) in [6.07, 6.45) is 0. The van der Waals surface area contributed by atoms with Gasteiger partial charge in [0.2, 0.25) is 5.91 Å². The van der Waals surface area contributed by atoms with Gasteiger partial charge in [0.15, 0.2) is 0 Å². The molecule has 0 aliphatic rings. The third-order valence-corrected chi connectivity index (χ3v) is 4.08. The van der Waals surface area contributed by atoms with E-state index in [-0.39, 0.29) is 11.8 Å². The van der Waals surface area contributed by atoms with Gasteiger partial charge in [-0.15, -0.1) is 0 Å². The first-order valence-electron chi connectivity index (χ1n) is 6.52. The Morgan fingerprint density at radius 1 is 1.05 bits per heavy atom. The SMILES string of the molecule is CC(=O)Nc1c(Br)cc(Br)cc1C(=O)Nc1ccccc1C. The van der Waals surface area contributed by atoms with Gasteiger partial charge in [-0.2, -0.15) is 0 Å². The second kappa shape index (κ2) is 7.07. The Balaban J connectivity index is 2.40. The molecular formula is C16H14Br2N2O2. The minimum absolute atomic E-state index is 0.243. The van der Waals surface area contributed by atoms with E-state index in [1.54, 1.807) is 12.1 Å². The molecule has 0 radical (unpaired) electrons. The van der Waals surface area contributed by atoms with Crippen LogP contribution in [0.4, 0.5) is 11.4 Å². The van der Waals surface area contributed by atoms with Crippen molar-refractivity contribution in [3.8, 4) is 0 Å². The van der Waals surface area contributed by atoms with Crippen LogP contribution in [0.15, 0.2) is 45.3 Å². The molecule has 0 aliphatic heterocycles. The Bertz CT molecular complexity index is 745. The standard InChI is InChI=1S/C16H14Br2N2O2/c1-9-5-3-4-6-14(9)20-16(22)12-7-11(17)8-13(18)15(12)19-10(2)21/h3-8H,1-2H3,(H,19,21)(H,20,22). The Labute approximate surface area is 145 Å². The molecule has 22 heavy (non-hydrogen) atoms. The van der Waals surface area contributed by atoms with Crippen molar-refractivity contribution in [3.05, 3.63) is 56.5 Å². The van der Waals surface area contributed by atoms with E-state index in [2.05, 4.69) is 42.5 Å². The molecule has 2 amide bonds. The van der Waals surface area contributed by atoms with Crippen molar-refractivity contribution in [1.29, 1.82) is 0 Å². The topological polar surface area (TPSA) is 58.2 Å². The highest BCUT2D eigenvalue weighted by atomic mass is 79.9. The molecule has 0 aliphatic carbocycles. The summed E-state index contributed by atoms with van der Waals surface area (Å²) >= 11 is 6.73. The van der Waals surface area contributed by atoms with Crippen LogP contribution in [0, 0.1) is 6.92 Å². The first-order valence-corrected chi connectivity index (χ1v) is 8.10. The van der Waals surface area contributed by atoms with Crippen molar-refractivity contribution >= 4 is 55.0 Å². The predicted octanol–water partition coefficient (Wildman–Crippen LogP) is 4.73. The van der Waals surface area contributed by atoms with Crippen LogP contribution in [0.2, 0.25) is 0 Å². The lowest BCUT2D eigenvalue weighted by Crippen LogP contribution is -2.17. The maximum atomic E-state index is 12.6. The molecular weight excluding hydrogens is 412 g/mol. The second-order valence-electron chi connectivity index (χ2n) is 4.76. The van der Waals surface area contributed by atoms with Gasteiger partial charge < -0.3 is 10.6 Å². The minimum atomic E-state index is -0.292. The first kappa shape index (κ1) is 16.7. The highest BCUT2D eigenvalue weighted by molar-refractivity contribution is 9.11. The van der Waals surface area contributed by atoms with Gasteiger partial charge in [-0.3, -0.25) is 9.59 Å². The molecule has 0 unspecified atom stereocenters. The van der Waals surface area contributed by atoms with Crippen LogP contribution < -0.4 is 10.6 Å². The van der Waals surface area contributed by atoms with Crippen molar-refractivity contribution in [2.45, 2.75) is 13.8 Å². The Morgan fingerprint density at radius 2 is 1.73 bits per heavy atom. The highest BCUT2D eigenvalue weighted by Crippen LogP contribution is 2.31. The van der Waals surface area contributed by atoms with E-state index in [0.717, 1.165) is 15.7 Å². The molecule has 0 saturated carbocycles. The van der Waals surface area contributed by atoms with Gasteiger partial charge >= 0.3 is 0 Å². The molecule has 0 bridgehead atoms.